The van der Waals surface area contributed by atoms with Crippen molar-refractivity contribution < 1.29 is 33.3 Å². The third kappa shape index (κ3) is 3.20. The topological polar surface area (TPSA) is 88.1 Å². The Labute approximate surface area is 193 Å². The van der Waals surface area contributed by atoms with Crippen LogP contribution >= 0.6 is 0 Å². The molecule has 1 aromatic carbocycles. The van der Waals surface area contributed by atoms with Crippen LogP contribution in [0.5, 0.6) is 5.75 Å². The Morgan fingerprint density at radius 3 is 2.61 bits per heavy atom. The smallest absolute Gasteiger partial charge is 0.313 e. The van der Waals surface area contributed by atoms with Gasteiger partial charge in [-0.15, -0.1) is 0 Å². The number of hydrogen-bond acceptors (Lipinski definition) is 7. The van der Waals surface area contributed by atoms with Crippen molar-refractivity contribution in [1.29, 1.82) is 0 Å². The number of ether oxygens (including phenoxy) is 4. The fourth-order valence-corrected chi connectivity index (χ4v) is 6.54. The van der Waals surface area contributed by atoms with Gasteiger partial charge in [0.2, 0.25) is 5.79 Å². The summed E-state index contributed by atoms with van der Waals surface area (Å²) in [6.07, 6.45) is 1.91. The number of esters is 1. The molecule has 7 nitrogen and oxygen atoms in total. The molecule has 0 bridgehead atoms. The number of carbonyl (C=O) groups is 3. The Morgan fingerprint density at radius 1 is 1.18 bits per heavy atom. The van der Waals surface area contributed by atoms with Crippen molar-refractivity contribution >= 4 is 17.5 Å². The van der Waals surface area contributed by atoms with Gasteiger partial charge in [0.15, 0.2) is 5.78 Å². The van der Waals surface area contributed by atoms with Crippen molar-refractivity contribution in [2.75, 3.05) is 14.2 Å². The van der Waals surface area contributed by atoms with E-state index in [0.29, 0.717) is 29.7 Å². The van der Waals surface area contributed by atoms with Crippen molar-refractivity contribution in [3.63, 3.8) is 0 Å². The van der Waals surface area contributed by atoms with Gasteiger partial charge >= 0.3 is 5.97 Å². The molecule has 0 saturated heterocycles. The minimum atomic E-state index is -0.935. The molecule has 3 aliphatic carbocycles. The Morgan fingerprint density at radius 2 is 1.94 bits per heavy atom. The highest BCUT2D eigenvalue weighted by Gasteiger charge is 2.60. The number of Topliss-reactive ketones (excluding diaryl/α,β-unsaturated/α-hetero) is 2. The van der Waals surface area contributed by atoms with Crippen LogP contribution in [0.25, 0.3) is 0 Å². The van der Waals surface area contributed by atoms with Crippen LogP contribution in [0.3, 0.4) is 0 Å². The molecular formula is C26H30O7. The van der Waals surface area contributed by atoms with Crippen LogP contribution < -0.4 is 4.74 Å². The third-order valence-electron chi connectivity index (χ3n) is 7.82. The molecule has 0 spiro atoms. The van der Waals surface area contributed by atoms with E-state index < -0.39 is 41.7 Å². The van der Waals surface area contributed by atoms with Crippen LogP contribution in [0, 0.1) is 29.6 Å². The van der Waals surface area contributed by atoms with Gasteiger partial charge in [-0.1, -0.05) is 30.7 Å². The van der Waals surface area contributed by atoms with Gasteiger partial charge in [-0.25, -0.2) is 0 Å². The summed E-state index contributed by atoms with van der Waals surface area (Å²) in [5.41, 5.74) is 2.10. The first kappa shape index (κ1) is 22.3. The summed E-state index contributed by atoms with van der Waals surface area (Å²) in [6, 6.07) is 5.40. The summed E-state index contributed by atoms with van der Waals surface area (Å²) in [7, 11) is 2.94. The maximum Gasteiger partial charge on any atom is 0.313 e. The van der Waals surface area contributed by atoms with E-state index in [0.717, 1.165) is 5.57 Å². The number of benzene rings is 1. The second kappa shape index (κ2) is 7.77. The highest BCUT2D eigenvalue weighted by molar-refractivity contribution is 6.06. The van der Waals surface area contributed by atoms with Crippen LogP contribution in [0.1, 0.15) is 55.6 Å². The molecular weight excluding hydrogens is 424 g/mol. The number of rotatable bonds is 3. The van der Waals surface area contributed by atoms with E-state index in [-0.39, 0.29) is 23.5 Å². The Bertz CT molecular complexity index is 1050. The summed E-state index contributed by atoms with van der Waals surface area (Å²) in [5.74, 6) is -3.58. The predicted molar refractivity (Wildman–Crippen MR) is 118 cm³/mol. The first-order valence-electron chi connectivity index (χ1n) is 11.6. The van der Waals surface area contributed by atoms with Gasteiger partial charge in [-0.3, -0.25) is 14.4 Å². The fourth-order valence-electron chi connectivity index (χ4n) is 6.54. The van der Waals surface area contributed by atoms with Crippen LogP contribution in [0.4, 0.5) is 0 Å². The molecule has 33 heavy (non-hydrogen) atoms. The molecule has 1 fully saturated rings. The normalized spacial score (nSPS) is 36.0. The molecule has 1 saturated carbocycles. The quantitative estimate of drug-likeness (QED) is 0.509. The van der Waals surface area contributed by atoms with Gasteiger partial charge < -0.3 is 18.9 Å². The first-order chi connectivity index (χ1) is 15.7. The molecule has 0 unspecified atom stereocenters. The Balaban J connectivity index is 1.65. The van der Waals surface area contributed by atoms with Crippen LogP contribution in [0.15, 0.2) is 29.8 Å². The standard InChI is InChI=1S/C26H30O7/c1-6-12-10-17(30-4)19-14(18(12)25(29)31-5)11-15-21(23(19)28)24-20-13(22(15)27)8-7-9-16(20)32-26(2,3)33-24/h7-10,14-15,17-19,21,24H,6,11H2,1-5H3/t14-,15+,17+,18-,19-,21+,24+/m1/s1. The maximum atomic E-state index is 14.2. The third-order valence-corrected chi connectivity index (χ3v) is 7.82. The number of fused-ring (bicyclic) bond motifs is 3. The van der Waals surface area contributed by atoms with Gasteiger partial charge in [-0.2, -0.15) is 0 Å². The predicted octanol–water partition coefficient (Wildman–Crippen LogP) is 3.66. The fraction of sp³-hybridized carbons (Fsp3) is 0.577. The van der Waals surface area contributed by atoms with E-state index in [1.54, 1.807) is 19.2 Å². The monoisotopic (exact) mass is 454 g/mol. The average molecular weight is 455 g/mol. The molecule has 7 heteroatoms. The van der Waals surface area contributed by atoms with Crippen molar-refractivity contribution in [2.45, 2.75) is 51.6 Å². The lowest BCUT2D eigenvalue weighted by molar-refractivity contribution is -0.227. The Kier molecular flexibility index (Phi) is 5.25. The average Bonchev–Trinajstić information content (AvgIpc) is 2.79. The first-order valence-corrected chi connectivity index (χ1v) is 11.6. The van der Waals surface area contributed by atoms with E-state index in [1.807, 2.05) is 32.9 Å². The SMILES string of the molecule is CCC1=C[C@H](OC)[C@@H]2C(=O)[C@@H]3[C@H](C[C@@H]2[C@@H]1C(=O)OC)C(=O)c1cccc2c1[C@@H]3OC(C)(C)O2. The number of ketones is 2. The molecule has 5 rings (SSSR count). The molecule has 176 valence electrons. The zero-order valence-electron chi connectivity index (χ0n) is 19.6. The summed E-state index contributed by atoms with van der Waals surface area (Å²) >= 11 is 0. The molecule has 7 atom stereocenters. The molecule has 0 aromatic heterocycles. The van der Waals surface area contributed by atoms with E-state index in [2.05, 4.69) is 0 Å². The lowest BCUT2D eigenvalue weighted by atomic mass is 9.54. The summed E-state index contributed by atoms with van der Waals surface area (Å²) in [4.78, 5) is 40.7. The largest absolute Gasteiger partial charge is 0.469 e. The number of carbonyl (C=O) groups excluding carboxylic acids is 3. The van der Waals surface area contributed by atoms with Crippen LogP contribution in [-0.4, -0.2) is 43.6 Å². The second-order valence-electron chi connectivity index (χ2n) is 9.88. The molecule has 1 heterocycles. The van der Waals surface area contributed by atoms with Crippen molar-refractivity contribution in [2.24, 2.45) is 29.6 Å². The number of hydrogen-bond donors (Lipinski definition) is 0. The lowest BCUT2D eigenvalue weighted by Gasteiger charge is -2.52. The Hall–Kier alpha value is -2.51. The van der Waals surface area contributed by atoms with Crippen molar-refractivity contribution in [1.82, 2.24) is 0 Å². The van der Waals surface area contributed by atoms with Gasteiger partial charge in [-0.05, 0) is 24.8 Å². The zero-order chi connectivity index (χ0) is 23.7. The molecule has 0 N–H and O–H groups in total. The van der Waals surface area contributed by atoms with E-state index in [9.17, 15) is 14.4 Å². The van der Waals surface area contributed by atoms with Crippen LogP contribution in [-0.2, 0) is 23.8 Å². The van der Waals surface area contributed by atoms with Crippen molar-refractivity contribution in [3.05, 3.63) is 41.0 Å². The van der Waals surface area contributed by atoms with Gasteiger partial charge in [0.25, 0.3) is 0 Å². The minimum absolute atomic E-state index is 0.0834. The molecule has 1 aliphatic heterocycles. The highest BCUT2D eigenvalue weighted by Crippen LogP contribution is 2.57. The minimum Gasteiger partial charge on any atom is -0.469 e. The summed E-state index contributed by atoms with van der Waals surface area (Å²) in [6.45, 7) is 5.60. The van der Waals surface area contributed by atoms with Crippen molar-refractivity contribution in [3.8, 4) is 5.75 Å². The van der Waals surface area contributed by atoms with E-state index >= 15 is 0 Å². The zero-order valence-corrected chi connectivity index (χ0v) is 19.6. The van der Waals surface area contributed by atoms with Gasteiger partial charge in [0.05, 0.1) is 31.0 Å². The van der Waals surface area contributed by atoms with E-state index in [4.69, 9.17) is 18.9 Å². The highest BCUT2D eigenvalue weighted by atomic mass is 16.7. The summed E-state index contributed by atoms with van der Waals surface area (Å²) in [5, 5.41) is 0. The molecule has 0 radical (unpaired) electrons. The van der Waals surface area contributed by atoms with Gasteiger partial charge in [0, 0.05) is 38.0 Å². The molecule has 1 aromatic rings. The lowest BCUT2D eigenvalue weighted by Crippen LogP contribution is -2.58. The van der Waals surface area contributed by atoms with Crippen LogP contribution in [0.2, 0.25) is 0 Å². The number of methoxy groups -OCH3 is 2. The van der Waals surface area contributed by atoms with E-state index in [1.165, 1.54) is 7.11 Å². The maximum absolute atomic E-state index is 14.2. The summed E-state index contributed by atoms with van der Waals surface area (Å²) < 4.78 is 23.2. The van der Waals surface area contributed by atoms with Gasteiger partial charge in [0.1, 0.15) is 17.6 Å². The second-order valence-corrected chi connectivity index (χ2v) is 9.88. The molecule has 0 amide bonds. The molecule has 4 aliphatic rings.